The summed E-state index contributed by atoms with van der Waals surface area (Å²) in [6, 6.07) is 21.8. The molecule has 1 heterocycles. The summed E-state index contributed by atoms with van der Waals surface area (Å²) in [7, 11) is 0. The SMILES string of the molecule is Oc1ccc(Br)cc1[C@@H]1CC(c2cccc(Br)c2)=N[C@H](c2ccc(Br)cc2)N1. The zero-order chi connectivity index (χ0) is 19.7. The number of phenolic OH excluding ortho intramolecular Hbond substituents is 1. The molecular weight excluding hydrogens is 548 g/mol. The van der Waals surface area contributed by atoms with Crippen molar-refractivity contribution in [3.05, 3.63) is 96.8 Å². The maximum Gasteiger partial charge on any atom is 0.126 e. The summed E-state index contributed by atoms with van der Waals surface area (Å²) in [5.41, 5.74) is 4.03. The van der Waals surface area contributed by atoms with Gasteiger partial charge in [0.25, 0.3) is 0 Å². The average Bonchev–Trinajstić information content (AvgIpc) is 2.70. The van der Waals surface area contributed by atoms with E-state index in [4.69, 9.17) is 4.99 Å². The Kier molecular flexibility index (Phi) is 6.01. The van der Waals surface area contributed by atoms with Crippen LogP contribution in [0.4, 0.5) is 0 Å². The van der Waals surface area contributed by atoms with Crippen molar-refractivity contribution in [1.29, 1.82) is 0 Å². The third kappa shape index (κ3) is 4.40. The fraction of sp³-hybridized carbons (Fsp3) is 0.136. The Morgan fingerprint density at radius 1 is 0.857 bits per heavy atom. The van der Waals surface area contributed by atoms with E-state index in [9.17, 15) is 5.11 Å². The second kappa shape index (κ2) is 8.49. The number of rotatable bonds is 3. The van der Waals surface area contributed by atoms with Gasteiger partial charge in [-0.3, -0.25) is 10.3 Å². The Bertz CT molecular complexity index is 1030. The number of benzene rings is 3. The summed E-state index contributed by atoms with van der Waals surface area (Å²) >= 11 is 10.6. The molecule has 0 fully saturated rings. The van der Waals surface area contributed by atoms with Crippen LogP contribution in [0.25, 0.3) is 0 Å². The molecule has 0 aliphatic carbocycles. The minimum Gasteiger partial charge on any atom is -0.508 e. The van der Waals surface area contributed by atoms with Crippen LogP contribution in [0.2, 0.25) is 0 Å². The van der Waals surface area contributed by atoms with Crippen molar-refractivity contribution in [2.75, 3.05) is 0 Å². The Morgan fingerprint density at radius 2 is 1.57 bits per heavy atom. The summed E-state index contributed by atoms with van der Waals surface area (Å²) in [5.74, 6) is 0.283. The van der Waals surface area contributed by atoms with Crippen LogP contribution in [0.1, 0.15) is 35.3 Å². The standard InChI is InChI=1S/C22H17Br3N2O/c23-15-6-4-13(5-7-15)22-26-19(14-2-1-3-16(24)10-14)12-20(27-22)18-11-17(25)8-9-21(18)28/h1-11,20,22,27-28H,12H2/t20-,22-/m0/s1. The Morgan fingerprint density at radius 3 is 2.32 bits per heavy atom. The summed E-state index contributed by atoms with van der Waals surface area (Å²) in [6.07, 6.45) is 0.493. The molecule has 0 saturated carbocycles. The summed E-state index contributed by atoms with van der Waals surface area (Å²) < 4.78 is 2.99. The van der Waals surface area contributed by atoms with Crippen molar-refractivity contribution in [3.8, 4) is 5.75 Å². The number of hydrogen-bond donors (Lipinski definition) is 2. The molecule has 0 aromatic heterocycles. The molecule has 0 saturated heterocycles. The van der Waals surface area contributed by atoms with Gasteiger partial charge >= 0.3 is 0 Å². The maximum atomic E-state index is 10.5. The van der Waals surface area contributed by atoms with E-state index in [0.717, 1.165) is 35.8 Å². The topological polar surface area (TPSA) is 44.6 Å². The van der Waals surface area contributed by atoms with Crippen LogP contribution in [0.5, 0.6) is 5.75 Å². The average molecular weight is 565 g/mol. The first-order valence-corrected chi connectivity index (χ1v) is 11.2. The van der Waals surface area contributed by atoms with Crippen LogP contribution in [-0.2, 0) is 0 Å². The van der Waals surface area contributed by atoms with Crippen molar-refractivity contribution in [2.45, 2.75) is 18.6 Å². The van der Waals surface area contributed by atoms with Crippen molar-refractivity contribution in [1.82, 2.24) is 5.32 Å². The number of aromatic hydroxyl groups is 1. The molecule has 3 aromatic carbocycles. The summed E-state index contributed by atoms with van der Waals surface area (Å²) in [4.78, 5) is 5.00. The van der Waals surface area contributed by atoms with E-state index in [1.807, 2.05) is 36.4 Å². The lowest BCUT2D eigenvalue weighted by Crippen LogP contribution is -2.33. The first kappa shape index (κ1) is 19.8. The molecule has 2 N–H and O–H groups in total. The number of nitrogens with one attached hydrogen (secondary N) is 1. The van der Waals surface area contributed by atoms with Gasteiger partial charge in [0.1, 0.15) is 11.9 Å². The first-order chi connectivity index (χ1) is 13.5. The van der Waals surface area contributed by atoms with Gasteiger partial charge in [-0.05, 0) is 53.6 Å². The highest BCUT2D eigenvalue weighted by Crippen LogP contribution is 2.36. The molecule has 6 heteroatoms. The molecule has 3 aromatic rings. The summed E-state index contributed by atoms with van der Waals surface area (Å²) in [6.45, 7) is 0. The van der Waals surface area contributed by atoms with E-state index in [2.05, 4.69) is 77.4 Å². The van der Waals surface area contributed by atoms with Crippen LogP contribution >= 0.6 is 47.8 Å². The molecule has 2 atom stereocenters. The van der Waals surface area contributed by atoms with Crippen LogP contribution in [0, 0.1) is 0 Å². The van der Waals surface area contributed by atoms with Gasteiger partial charge in [0.15, 0.2) is 0 Å². The molecule has 0 unspecified atom stereocenters. The molecule has 28 heavy (non-hydrogen) atoms. The van der Waals surface area contributed by atoms with E-state index in [1.165, 1.54) is 0 Å². The van der Waals surface area contributed by atoms with Crippen LogP contribution in [0.15, 0.2) is 85.1 Å². The van der Waals surface area contributed by atoms with Gasteiger partial charge in [0.2, 0.25) is 0 Å². The van der Waals surface area contributed by atoms with E-state index in [1.54, 1.807) is 6.07 Å². The van der Waals surface area contributed by atoms with Gasteiger partial charge in [0.05, 0.1) is 0 Å². The van der Waals surface area contributed by atoms with Crippen LogP contribution in [0.3, 0.4) is 0 Å². The Balaban J connectivity index is 1.77. The molecule has 1 aliphatic heterocycles. The number of hydrogen-bond acceptors (Lipinski definition) is 3. The van der Waals surface area contributed by atoms with Gasteiger partial charge in [-0.15, -0.1) is 0 Å². The van der Waals surface area contributed by atoms with Crippen molar-refractivity contribution < 1.29 is 5.11 Å². The Labute approximate surface area is 189 Å². The zero-order valence-corrected chi connectivity index (χ0v) is 19.5. The predicted molar refractivity (Wildman–Crippen MR) is 124 cm³/mol. The molecule has 142 valence electrons. The van der Waals surface area contributed by atoms with E-state index >= 15 is 0 Å². The van der Waals surface area contributed by atoms with Crippen molar-refractivity contribution >= 4 is 53.5 Å². The molecule has 0 spiro atoms. The van der Waals surface area contributed by atoms with E-state index in [-0.39, 0.29) is 18.0 Å². The normalized spacial score (nSPS) is 19.3. The first-order valence-electron chi connectivity index (χ1n) is 8.82. The highest BCUT2D eigenvalue weighted by molar-refractivity contribution is 9.11. The molecule has 1 aliphatic rings. The second-order valence-corrected chi connectivity index (χ2v) is 9.41. The van der Waals surface area contributed by atoms with Crippen LogP contribution < -0.4 is 5.32 Å². The molecular formula is C22H17Br3N2O. The van der Waals surface area contributed by atoms with Crippen LogP contribution in [-0.4, -0.2) is 10.8 Å². The van der Waals surface area contributed by atoms with Gasteiger partial charge in [-0.25, -0.2) is 0 Å². The highest BCUT2D eigenvalue weighted by atomic mass is 79.9. The Hall–Kier alpha value is -1.47. The fourth-order valence-corrected chi connectivity index (χ4v) is 4.41. The lowest BCUT2D eigenvalue weighted by Gasteiger charge is -2.31. The minimum atomic E-state index is -0.195. The third-order valence-electron chi connectivity index (χ3n) is 4.75. The van der Waals surface area contributed by atoms with Gasteiger partial charge in [0, 0.05) is 37.2 Å². The van der Waals surface area contributed by atoms with Crippen molar-refractivity contribution in [2.24, 2.45) is 4.99 Å². The molecule has 4 rings (SSSR count). The fourth-order valence-electron chi connectivity index (χ4n) is 3.37. The minimum absolute atomic E-state index is 0.0578. The lowest BCUT2D eigenvalue weighted by molar-refractivity contribution is 0.412. The van der Waals surface area contributed by atoms with E-state index in [0.29, 0.717) is 6.42 Å². The predicted octanol–water partition coefficient (Wildman–Crippen LogP) is 6.90. The number of phenols is 1. The third-order valence-corrected chi connectivity index (χ3v) is 6.27. The highest BCUT2D eigenvalue weighted by Gasteiger charge is 2.27. The van der Waals surface area contributed by atoms with Gasteiger partial charge in [-0.2, -0.15) is 0 Å². The van der Waals surface area contributed by atoms with Gasteiger partial charge < -0.3 is 5.11 Å². The molecule has 0 bridgehead atoms. The molecule has 0 amide bonds. The second-order valence-electron chi connectivity index (χ2n) is 6.67. The number of halogens is 3. The zero-order valence-electron chi connectivity index (χ0n) is 14.7. The maximum absolute atomic E-state index is 10.5. The quantitative estimate of drug-likeness (QED) is 0.363. The van der Waals surface area contributed by atoms with Crippen molar-refractivity contribution in [3.63, 3.8) is 0 Å². The number of aliphatic imine (C=N–C) groups is 1. The lowest BCUT2D eigenvalue weighted by atomic mass is 9.93. The largest absolute Gasteiger partial charge is 0.508 e. The molecule has 3 nitrogen and oxygen atoms in total. The number of nitrogens with zero attached hydrogens (tertiary/aromatic N) is 1. The summed E-state index contributed by atoms with van der Waals surface area (Å²) in [5, 5.41) is 14.1. The monoisotopic (exact) mass is 562 g/mol. The van der Waals surface area contributed by atoms with E-state index < -0.39 is 0 Å². The molecule has 0 radical (unpaired) electrons. The van der Waals surface area contributed by atoms with Gasteiger partial charge in [-0.1, -0.05) is 72.1 Å². The smallest absolute Gasteiger partial charge is 0.126 e.